The van der Waals surface area contributed by atoms with Gasteiger partial charge in [-0.1, -0.05) is 41.5 Å². The molecule has 0 atom stereocenters. The van der Waals surface area contributed by atoms with E-state index < -0.39 is 0 Å². The third-order valence-corrected chi connectivity index (χ3v) is 5.45. The van der Waals surface area contributed by atoms with Crippen molar-refractivity contribution in [1.29, 1.82) is 0 Å². The summed E-state index contributed by atoms with van der Waals surface area (Å²) in [5.41, 5.74) is 1.17. The second-order valence-corrected chi connectivity index (χ2v) is 9.42. The second-order valence-electron chi connectivity index (χ2n) is 5.63. The smallest absolute Gasteiger partial charge is 0.126 e. The van der Waals surface area contributed by atoms with Gasteiger partial charge in [-0.15, -0.1) is 0 Å². The van der Waals surface area contributed by atoms with Gasteiger partial charge in [0, 0.05) is 0 Å². The maximum absolute atomic E-state index is 5.58. The van der Waals surface area contributed by atoms with Crippen molar-refractivity contribution in [3.8, 4) is 0 Å². The Morgan fingerprint density at radius 2 is 1.50 bits per heavy atom. The first-order valence-corrected chi connectivity index (χ1v) is 6.41. The molecule has 0 unspecified atom stereocenters. The molecule has 0 saturated heterocycles. The molecule has 1 aromatic heterocycles. The van der Waals surface area contributed by atoms with Gasteiger partial charge in [0.05, 0.1) is 6.26 Å². The van der Waals surface area contributed by atoms with E-state index in [0.717, 1.165) is 0 Å². The number of hydrogen-bond donors (Lipinski definition) is 0. The van der Waals surface area contributed by atoms with E-state index in [9.17, 15) is 0 Å². The minimum atomic E-state index is -0.267. The van der Waals surface area contributed by atoms with Crippen molar-refractivity contribution in [1.82, 2.24) is 0 Å². The van der Waals surface area contributed by atoms with Crippen LogP contribution in [0.3, 0.4) is 0 Å². The molecule has 1 nitrogen and oxygen atoms in total. The Bertz CT molecular complexity index is 260. The van der Waals surface area contributed by atoms with Crippen LogP contribution in [0.25, 0.3) is 0 Å². The molecule has 14 heavy (non-hydrogen) atoms. The van der Waals surface area contributed by atoms with Crippen LogP contribution in [0.15, 0.2) is 22.8 Å². The Morgan fingerprint density at radius 1 is 1.00 bits per heavy atom. The van der Waals surface area contributed by atoms with Crippen LogP contribution in [-0.4, -0.2) is 10.3 Å². The van der Waals surface area contributed by atoms with E-state index in [1.807, 2.05) is 6.07 Å². The van der Waals surface area contributed by atoms with Gasteiger partial charge in [-0.05, 0) is 30.4 Å². The fraction of sp³-hybridized carbons (Fsp3) is 0.667. The first kappa shape index (κ1) is 11.8. The van der Waals surface area contributed by atoms with Crippen LogP contribution in [0.5, 0.6) is 0 Å². The maximum Gasteiger partial charge on any atom is 0.126 e. The number of furan rings is 1. The van der Waals surface area contributed by atoms with Crippen LogP contribution < -0.4 is 5.50 Å². The summed E-state index contributed by atoms with van der Waals surface area (Å²) in [5.74, 6) is 0. The fourth-order valence-electron chi connectivity index (χ4n) is 2.06. The summed E-state index contributed by atoms with van der Waals surface area (Å²) in [4.78, 5) is 0. The Labute approximate surface area is 88.6 Å². The van der Waals surface area contributed by atoms with Gasteiger partial charge < -0.3 is 4.42 Å². The average Bonchev–Trinajstić information content (AvgIpc) is 2.31. The van der Waals surface area contributed by atoms with Crippen molar-refractivity contribution in [2.45, 2.75) is 51.9 Å². The summed E-state index contributed by atoms with van der Waals surface area (Å²) in [7, 11) is -0.267. The van der Waals surface area contributed by atoms with Gasteiger partial charge in [-0.3, -0.25) is 0 Å². The fourth-order valence-corrected chi connectivity index (χ4v) is 5.80. The molecular weight excluding hydrogens is 191 g/mol. The van der Waals surface area contributed by atoms with Crippen molar-refractivity contribution in [2.24, 2.45) is 0 Å². The van der Waals surface area contributed by atoms with Crippen LogP contribution >= 0.6 is 7.92 Å². The maximum atomic E-state index is 5.58. The van der Waals surface area contributed by atoms with Crippen LogP contribution in [-0.2, 0) is 0 Å². The lowest BCUT2D eigenvalue weighted by molar-refractivity contribution is 0.592. The van der Waals surface area contributed by atoms with Gasteiger partial charge in [-0.25, -0.2) is 0 Å². The van der Waals surface area contributed by atoms with Gasteiger partial charge in [-0.2, -0.15) is 0 Å². The van der Waals surface area contributed by atoms with Crippen molar-refractivity contribution in [3.63, 3.8) is 0 Å². The van der Waals surface area contributed by atoms with E-state index in [0.29, 0.717) is 10.3 Å². The van der Waals surface area contributed by atoms with Crippen molar-refractivity contribution < 1.29 is 4.42 Å². The van der Waals surface area contributed by atoms with E-state index in [4.69, 9.17) is 4.42 Å². The molecule has 0 bridgehead atoms. The molecule has 0 aliphatic heterocycles. The largest absolute Gasteiger partial charge is 0.465 e. The van der Waals surface area contributed by atoms with Crippen LogP contribution in [0.2, 0.25) is 0 Å². The summed E-state index contributed by atoms with van der Waals surface area (Å²) in [6, 6.07) is 4.10. The summed E-state index contributed by atoms with van der Waals surface area (Å²) in [5, 5.41) is 0.594. The van der Waals surface area contributed by atoms with Crippen molar-refractivity contribution in [2.75, 3.05) is 0 Å². The van der Waals surface area contributed by atoms with Crippen LogP contribution in [0, 0.1) is 0 Å². The molecule has 0 saturated carbocycles. The van der Waals surface area contributed by atoms with Crippen molar-refractivity contribution in [3.05, 3.63) is 18.4 Å². The molecule has 0 aliphatic carbocycles. The predicted octanol–water partition coefficient (Wildman–Crippen LogP) is 3.98. The second kappa shape index (κ2) is 3.70. The highest BCUT2D eigenvalue weighted by Crippen LogP contribution is 2.58. The lowest BCUT2D eigenvalue weighted by Gasteiger charge is -2.39. The Balaban J connectivity index is 3.08. The van der Waals surface area contributed by atoms with Gasteiger partial charge >= 0.3 is 0 Å². The van der Waals surface area contributed by atoms with E-state index in [-0.39, 0.29) is 7.92 Å². The van der Waals surface area contributed by atoms with Gasteiger partial charge in [0.15, 0.2) is 0 Å². The minimum Gasteiger partial charge on any atom is -0.465 e. The molecule has 0 amide bonds. The zero-order valence-electron chi connectivity index (χ0n) is 10.1. The van der Waals surface area contributed by atoms with Crippen molar-refractivity contribution >= 4 is 13.4 Å². The summed E-state index contributed by atoms with van der Waals surface area (Å²) in [6.45, 7) is 13.8. The predicted molar refractivity (Wildman–Crippen MR) is 64.8 cm³/mol. The summed E-state index contributed by atoms with van der Waals surface area (Å²) >= 11 is 0. The first-order chi connectivity index (χ1) is 6.23. The molecule has 1 aromatic rings. The third kappa shape index (κ3) is 2.60. The van der Waals surface area contributed by atoms with E-state index >= 15 is 0 Å². The molecule has 0 fully saturated rings. The normalized spacial score (nSPS) is 13.6. The summed E-state index contributed by atoms with van der Waals surface area (Å²) in [6.07, 6.45) is 1.78. The molecule has 0 radical (unpaired) electrons. The molecule has 1 rings (SSSR count). The van der Waals surface area contributed by atoms with Gasteiger partial charge in [0.2, 0.25) is 0 Å². The van der Waals surface area contributed by atoms with Crippen LogP contribution in [0.1, 0.15) is 41.5 Å². The van der Waals surface area contributed by atoms with Gasteiger partial charge in [0.25, 0.3) is 0 Å². The minimum absolute atomic E-state index is 0.267. The topological polar surface area (TPSA) is 13.1 Å². The molecule has 1 heterocycles. The molecule has 2 heteroatoms. The Kier molecular flexibility index (Phi) is 3.11. The Morgan fingerprint density at radius 3 is 1.79 bits per heavy atom. The number of rotatable bonds is 1. The van der Waals surface area contributed by atoms with Crippen LogP contribution in [0.4, 0.5) is 0 Å². The van der Waals surface area contributed by atoms with Gasteiger partial charge in [0.1, 0.15) is 5.50 Å². The number of hydrogen-bond acceptors (Lipinski definition) is 1. The average molecular weight is 212 g/mol. The molecule has 0 aliphatic rings. The van der Waals surface area contributed by atoms with E-state index in [1.54, 1.807) is 6.26 Å². The quantitative estimate of drug-likeness (QED) is 0.642. The van der Waals surface area contributed by atoms with E-state index in [2.05, 4.69) is 47.6 Å². The zero-order valence-corrected chi connectivity index (χ0v) is 11.0. The first-order valence-electron chi connectivity index (χ1n) is 5.07. The standard InChI is InChI=1S/C12H21OP/c1-11(2,3)14(12(4,5)6)10-8-7-9-13-10/h7-9H,1-6H3. The summed E-state index contributed by atoms with van der Waals surface area (Å²) < 4.78 is 5.58. The molecule has 0 spiro atoms. The SMILES string of the molecule is CC(C)(C)P(c1ccco1)C(C)(C)C. The molecule has 0 aromatic carbocycles. The lowest BCUT2D eigenvalue weighted by Crippen LogP contribution is -2.30. The third-order valence-electron chi connectivity index (χ3n) is 2.07. The highest BCUT2D eigenvalue weighted by atomic mass is 31.1. The molecule has 80 valence electrons. The lowest BCUT2D eigenvalue weighted by atomic mass is 10.2. The Hall–Kier alpha value is -0.290. The zero-order chi connectivity index (χ0) is 11.0. The highest BCUT2D eigenvalue weighted by Gasteiger charge is 2.37. The highest BCUT2D eigenvalue weighted by molar-refractivity contribution is 7.68. The van der Waals surface area contributed by atoms with E-state index in [1.165, 1.54) is 5.50 Å². The molecule has 0 N–H and O–H groups in total. The molecular formula is C12H21OP. The monoisotopic (exact) mass is 212 g/mol.